The fraction of sp³-hybridized carbons (Fsp3) is 0.667. The van der Waals surface area contributed by atoms with Crippen LogP contribution in [0.4, 0.5) is 14.5 Å². The highest BCUT2D eigenvalue weighted by molar-refractivity contribution is 5.90. The van der Waals surface area contributed by atoms with Crippen LogP contribution in [0.5, 0.6) is 0 Å². The molecule has 1 aromatic heterocycles. The molecule has 3 N–H and O–H groups in total. The van der Waals surface area contributed by atoms with E-state index < -0.39 is 13.0 Å². The second-order valence-electron chi connectivity index (χ2n) is 4.95. The van der Waals surface area contributed by atoms with E-state index >= 15 is 0 Å². The first-order valence-electron chi connectivity index (χ1n) is 6.40. The lowest BCUT2D eigenvalue weighted by molar-refractivity contribution is -0.117. The molecule has 20 heavy (non-hydrogen) atoms. The fourth-order valence-corrected chi connectivity index (χ4v) is 2.44. The van der Waals surface area contributed by atoms with Crippen LogP contribution in [0.3, 0.4) is 0 Å². The van der Waals surface area contributed by atoms with E-state index in [1.807, 2.05) is 0 Å². The molecule has 1 aliphatic carbocycles. The molecule has 0 aromatic carbocycles. The number of anilines is 1. The van der Waals surface area contributed by atoms with E-state index in [0.717, 1.165) is 23.9 Å². The van der Waals surface area contributed by atoms with Crippen LogP contribution >= 0.6 is 12.4 Å². The SMILES string of the molecule is Cl.N[C@@H]1CCC[C@H]1CC(=O)Nc1cnn(CC(F)F)c1. The molecule has 1 aromatic rings. The van der Waals surface area contributed by atoms with E-state index in [1.165, 1.54) is 12.4 Å². The third kappa shape index (κ3) is 4.72. The van der Waals surface area contributed by atoms with Gasteiger partial charge in [0, 0.05) is 18.7 Å². The summed E-state index contributed by atoms with van der Waals surface area (Å²) in [6.45, 7) is -0.469. The molecule has 1 heterocycles. The summed E-state index contributed by atoms with van der Waals surface area (Å²) in [5.74, 6) is 0.0788. The van der Waals surface area contributed by atoms with Gasteiger partial charge in [0.2, 0.25) is 5.91 Å². The summed E-state index contributed by atoms with van der Waals surface area (Å²) in [7, 11) is 0. The maximum absolute atomic E-state index is 12.1. The predicted octanol–water partition coefficient (Wildman–Crippen LogP) is 2.03. The van der Waals surface area contributed by atoms with Gasteiger partial charge in [-0.25, -0.2) is 8.78 Å². The van der Waals surface area contributed by atoms with Crippen LogP contribution in [0.25, 0.3) is 0 Å². The van der Waals surface area contributed by atoms with Gasteiger partial charge in [-0.05, 0) is 18.8 Å². The van der Waals surface area contributed by atoms with Crippen molar-refractivity contribution in [3.63, 3.8) is 0 Å². The number of rotatable bonds is 5. The minimum absolute atomic E-state index is 0. The number of alkyl halides is 2. The Morgan fingerprint density at radius 1 is 1.55 bits per heavy atom. The second-order valence-corrected chi connectivity index (χ2v) is 4.95. The summed E-state index contributed by atoms with van der Waals surface area (Å²) >= 11 is 0. The quantitative estimate of drug-likeness (QED) is 0.874. The molecular formula is C12H19ClF2N4O. The summed E-state index contributed by atoms with van der Waals surface area (Å²) in [6.07, 6.45) is 3.68. The molecule has 0 bridgehead atoms. The predicted molar refractivity (Wildman–Crippen MR) is 74.0 cm³/mol. The number of amides is 1. The van der Waals surface area contributed by atoms with Crippen molar-refractivity contribution in [2.45, 2.75) is 44.7 Å². The number of halogens is 3. The highest BCUT2D eigenvalue weighted by Crippen LogP contribution is 2.27. The summed E-state index contributed by atoms with van der Waals surface area (Å²) in [4.78, 5) is 11.8. The van der Waals surface area contributed by atoms with E-state index in [2.05, 4.69) is 10.4 Å². The normalized spacial score (nSPS) is 21.8. The molecule has 0 unspecified atom stereocenters. The highest BCUT2D eigenvalue weighted by Gasteiger charge is 2.26. The van der Waals surface area contributed by atoms with Crippen LogP contribution in [0.2, 0.25) is 0 Å². The highest BCUT2D eigenvalue weighted by atomic mass is 35.5. The van der Waals surface area contributed by atoms with Crippen LogP contribution in [-0.4, -0.2) is 28.2 Å². The number of carbonyl (C=O) groups excluding carboxylic acids is 1. The average molecular weight is 309 g/mol. The number of hydrogen-bond acceptors (Lipinski definition) is 3. The van der Waals surface area contributed by atoms with E-state index in [9.17, 15) is 13.6 Å². The molecule has 114 valence electrons. The Morgan fingerprint density at radius 3 is 2.90 bits per heavy atom. The molecule has 8 heteroatoms. The number of nitrogens with two attached hydrogens (primary N) is 1. The third-order valence-electron chi connectivity index (χ3n) is 3.41. The standard InChI is InChI=1S/C12H18F2N4O.ClH/c13-11(14)7-18-6-9(5-16-18)17-12(19)4-8-2-1-3-10(8)15;/h5-6,8,10-11H,1-4,7,15H2,(H,17,19);1H/t8-,10+;/m0./s1. The zero-order valence-corrected chi connectivity index (χ0v) is 11.8. The Bertz CT molecular complexity index is 441. The Morgan fingerprint density at radius 2 is 2.30 bits per heavy atom. The van der Waals surface area contributed by atoms with Gasteiger partial charge in [0.05, 0.1) is 11.9 Å². The minimum atomic E-state index is -2.46. The summed E-state index contributed by atoms with van der Waals surface area (Å²) in [5, 5.41) is 6.41. The van der Waals surface area contributed by atoms with Gasteiger partial charge in [-0.15, -0.1) is 12.4 Å². The van der Waals surface area contributed by atoms with Gasteiger partial charge in [0.25, 0.3) is 6.43 Å². The van der Waals surface area contributed by atoms with Gasteiger partial charge in [0.15, 0.2) is 0 Å². The molecule has 1 amide bonds. The number of carbonyl (C=O) groups is 1. The maximum atomic E-state index is 12.1. The van der Waals surface area contributed by atoms with Crippen molar-refractivity contribution in [3.8, 4) is 0 Å². The zero-order chi connectivity index (χ0) is 13.8. The molecule has 2 atom stereocenters. The monoisotopic (exact) mass is 308 g/mol. The van der Waals surface area contributed by atoms with Gasteiger partial charge >= 0.3 is 0 Å². The lowest BCUT2D eigenvalue weighted by Gasteiger charge is -2.14. The Labute approximate surface area is 122 Å². The van der Waals surface area contributed by atoms with Crippen molar-refractivity contribution >= 4 is 24.0 Å². The Hall–Kier alpha value is -1.21. The molecule has 5 nitrogen and oxygen atoms in total. The topological polar surface area (TPSA) is 72.9 Å². The first-order chi connectivity index (χ1) is 9.04. The van der Waals surface area contributed by atoms with Crippen molar-refractivity contribution in [1.82, 2.24) is 9.78 Å². The molecule has 0 spiro atoms. The first-order valence-corrected chi connectivity index (χ1v) is 6.40. The van der Waals surface area contributed by atoms with E-state index in [1.54, 1.807) is 0 Å². The molecule has 2 rings (SSSR count). The molecule has 0 aliphatic heterocycles. The summed E-state index contributed by atoms with van der Waals surface area (Å²) in [5.41, 5.74) is 6.34. The number of aromatic nitrogens is 2. The van der Waals surface area contributed by atoms with Crippen molar-refractivity contribution in [3.05, 3.63) is 12.4 Å². The largest absolute Gasteiger partial charge is 0.327 e. The fourth-order valence-electron chi connectivity index (χ4n) is 2.44. The third-order valence-corrected chi connectivity index (χ3v) is 3.41. The van der Waals surface area contributed by atoms with E-state index in [0.29, 0.717) is 12.1 Å². The number of nitrogens with zero attached hydrogens (tertiary/aromatic N) is 2. The van der Waals surface area contributed by atoms with E-state index in [4.69, 9.17) is 5.73 Å². The Balaban J connectivity index is 0.00000200. The van der Waals surface area contributed by atoms with Gasteiger partial charge in [-0.1, -0.05) is 6.42 Å². The lowest BCUT2D eigenvalue weighted by atomic mass is 10.00. The summed E-state index contributed by atoms with van der Waals surface area (Å²) < 4.78 is 25.4. The lowest BCUT2D eigenvalue weighted by Crippen LogP contribution is -2.28. The Kier molecular flexibility index (Phi) is 6.35. The molecule has 0 radical (unpaired) electrons. The van der Waals surface area contributed by atoms with Gasteiger partial charge in [0.1, 0.15) is 6.54 Å². The van der Waals surface area contributed by atoms with Crippen molar-refractivity contribution in [2.24, 2.45) is 11.7 Å². The molecule has 1 saturated carbocycles. The van der Waals surface area contributed by atoms with Crippen LogP contribution in [0.1, 0.15) is 25.7 Å². The summed E-state index contributed by atoms with van der Waals surface area (Å²) in [6, 6.07) is 0.0901. The molecule has 1 fully saturated rings. The number of nitrogens with one attached hydrogen (secondary N) is 1. The average Bonchev–Trinajstić information content (AvgIpc) is 2.89. The smallest absolute Gasteiger partial charge is 0.257 e. The minimum Gasteiger partial charge on any atom is -0.327 e. The first kappa shape index (κ1) is 16.8. The van der Waals surface area contributed by atoms with Gasteiger partial charge in [-0.2, -0.15) is 5.10 Å². The van der Waals surface area contributed by atoms with E-state index in [-0.39, 0.29) is 30.3 Å². The van der Waals surface area contributed by atoms with Crippen molar-refractivity contribution in [2.75, 3.05) is 5.32 Å². The van der Waals surface area contributed by atoms with Gasteiger partial charge < -0.3 is 11.1 Å². The van der Waals surface area contributed by atoms with Crippen LogP contribution in [0.15, 0.2) is 12.4 Å². The molecule has 0 saturated heterocycles. The second kappa shape index (κ2) is 7.54. The van der Waals surface area contributed by atoms with Crippen LogP contribution in [-0.2, 0) is 11.3 Å². The molecule has 1 aliphatic rings. The zero-order valence-electron chi connectivity index (χ0n) is 11.0. The van der Waals surface area contributed by atoms with Gasteiger partial charge in [-0.3, -0.25) is 9.48 Å². The van der Waals surface area contributed by atoms with Crippen molar-refractivity contribution < 1.29 is 13.6 Å². The van der Waals surface area contributed by atoms with Crippen LogP contribution < -0.4 is 11.1 Å². The van der Waals surface area contributed by atoms with Crippen molar-refractivity contribution in [1.29, 1.82) is 0 Å². The number of hydrogen-bond donors (Lipinski definition) is 2. The molecular weight excluding hydrogens is 290 g/mol. The maximum Gasteiger partial charge on any atom is 0.257 e. The van der Waals surface area contributed by atoms with Crippen LogP contribution in [0, 0.1) is 5.92 Å².